The maximum Gasteiger partial charge on any atom is 0.162 e. The topological polar surface area (TPSA) is 70.4 Å². The monoisotopic (exact) mass is 374 g/mol. The molecule has 2 aromatic heterocycles. The van der Waals surface area contributed by atoms with E-state index in [1.807, 2.05) is 27.0 Å². The van der Waals surface area contributed by atoms with Crippen LogP contribution >= 0.6 is 0 Å². The molecule has 4 rings (SSSR count). The molecule has 0 unspecified atom stereocenters. The van der Waals surface area contributed by atoms with E-state index in [0.29, 0.717) is 26.4 Å². The second-order valence-electron chi connectivity index (χ2n) is 8.38. The molecule has 2 aliphatic heterocycles. The molecule has 148 valence electrons. The molecule has 0 aromatic carbocycles. The van der Waals surface area contributed by atoms with Crippen molar-refractivity contribution < 1.29 is 14.2 Å². The number of aromatic nitrogens is 3. The number of hydrogen-bond acceptors (Lipinski definition) is 6. The molecule has 1 saturated heterocycles. The van der Waals surface area contributed by atoms with E-state index in [0.717, 1.165) is 43.1 Å². The van der Waals surface area contributed by atoms with Crippen molar-refractivity contribution in [2.45, 2.75) is 59.6 Å². The third-order valence-electron chi connectivity index (χ3n) is 5.41. The van der Waals surface area contributed by atoms with Crippen molar-refractivity contribution in [1.29, 1.82) is 0 Å². The quantitative estimate of drug-likeness (QED) is 0.867. The van der Waals surface area contributed by atoms with Crippen LogP contribution in [0, 0.1) is 5.41 Å². The zero-order valence-electron chi connectivity index (χ0n) is 16.8. The van der Waals surface area contributed by atoms with E-state index in [2.05, 4.69) is 21.8 Å². The van der Waals surface area contributed by atoms with E-state index in [-0.39, 0.29) is 5.41 Å². The van der Waals surface area contributed by atoms with E-state index in [9.17, 15) is 0 Å². The van der Waals surface area contributed by atoms with Gasteiger partial charge in [-0.05, 0) is 33.7 Å². The Kier molecular flexibility index (Phi) is 4.96. The van der Waals surface area contributed by atoms with E-state index < -0.39 is 5.79 Å². The molecule has 0 bridgehead atoms. The normalized spacial score (nSPS) is 21.3. The third-order valence-corrected chi connectivity index (χ3v) is 5.41. The minimum atomic E-state index is -0.514. The Bertz CT molecular complexity index is 820. The fourth-order valence-corrected chi connectivity index (χ4v) is 3.84. The molecule has 4 heterocycles. The van der Waals surface area contributed by atoms with Gasteiger partial charge in [0.25, 0.3) is 0 Å². The maximum absolute atomic E-state index is 5.97. The highest BCUT2D eigenvalue weighted by molar-refractivity contribution is 5.80. The number of ether oxygens (including phenoxy) is 3. The van der Waals surface area contributed by atoms with Crippen LogP contribution < -0.4 is 5.32 Å². The molecule has 0 amide bonds. The van der Waals surface area contributed by atoms with Gasteiger partial charge in [-0.1, -0.05) is 6.92 Å². The standard InChI is InChI=1S/C20H30N4O3/c1-5-25-10-17-23-16-9-22-15-8-21-7-6-14(15)18(16)24(17)11-20(4)12-26-19(2,3)27-13-20/h9,21H,5-8,10-13H2,1-4H3. The molecule has 7 heteroatoms. The van der Waals surface area contributed by atoms with Gasteiger partial charge >= 0.3 is 0 Å². The minimum absolute atomic E-state index is 0.118. The Labute approximate surface area is 160 Å². The summed E-state index contributed by atoms with van der Waals surface area (Å²) in [5, 5.41) is 3.41. The molecule has 27 heavy (non-hydrogen) atoms. The van der Waals surface area contributed by atoms with E-state index in [1.165, 1.54) is 11.1 Å². The van der Waals surface area contributed by atoms with Gasteiger partial charge < -0.3 is 24.1 Å². The summed E-state index contributed by atoms with van der Waals surface area (Å²) in [5.41, 5.74) is 4.46. The highest BCUT2D eigenvalue weighted by Gasteiger charge is 2.38. The summed E-state index contributed by atoms with van der Waals surface area (Å²) in [6.07, 6.45) is 2.86. The number of imidazole rings is 1. The van der Waals surface area contributed by atoms with Crippen LogP contribution in [-0.4, -0.2) is 46.7 Å². The Morgan fingerprint density at radius 3 is 2.78 bits per heavy atom. The van der Waals surface area contributed by atoms with Crippen LogP contribution in [0.15, 0.2) is 6.20 Å². The average Bonchev–Trinajstić information content (AvgIpc) is 3.00. The molecule has 0 spiro atoms. The number of rotatable bonds is 5. The first kappa shape index (κ1) is 18.8. The molecule has 1 N–H and O–H groups in total. The summed E-state index contributed by atoms with van der Waals surface area (Å²) >= 11 is 0. The largest absolute Gasteiger partial charge is 0.374 e. The van der Waals surface area contributed by atoms with Crippen LogP contribution in [0.2, 0.25) is 0 Å². The summed E-state index contributed by atoms with van der Waals surface area (Å²) in [7, 11) is 0. The molecule has 2 aromatic rings. The Balaban J connectivity index is 1.74. The lowest BCUT2D eigenvalue weighted by molar-refractivity contribution is -0.284. The highest BCUT2D eigenvalue weighted by atomic mass is 16.7. The Morgan fingerprint density at radius 1 is 1.26 bits per heavy atom. The van der Waals surface area contributed by atoms with Gasteiger partial charge in [0.05, 0.1) is 30.6 Å². The first-order chi connectivity index (χ1) is 12.9. The van der Waals surface area contributed by atoms with Gasteiger partial charge in [-0.25, -0.2) is 4.98 Å². The Hall–Kier alpha value is -1.54. The van der Waals surface area contributed by atoms with Crippen molar-refractivity contribution in [3.8, 4) is 0 Å². The summed E-state index contributed by atoms with van der Waals surface area (Å²) in [4.78, 5) is 9.49. The fraction of sp³-hybridized carbons (Fsp3) is 0.700. The number of pyridine rings is 1. The van der Waals surface area contributed by atoms with Gasteiger partial charge in [-0.2, -0.15) is 0 Å². The van der Waals surface area contributed by atoms with Crippen LogP contribution in [-0.2, 0) is 40.3 Å². The molecule has 2 aliphatic rings. The SMILES string of the molecule is CCOCc1nc2cnc3c(c2n1CC1(C)COC(C)(C)OC1)CCNC3. The van der Waals surface area contributed by atoms with Gasteiger partial charge in [0.1, 0.15) is 17.9 Å². The fourth-order valence-electron chi connectivity index (χ4n) is 3.84. The molecular weight excluding hydrogens is 344 g/mol. The number of nitrogens with one attached hydrogen (secondary N) is 1. The van der Waals surface area contributed by atoms with Gasteiger partial charge in [0.2, 0.25) is 0 Å². The predicted octanol–water partition coefficient (Wildman–Crippen LogP) is 2.40. The van der Waals surface area contributed by atoms with Gasteiger partial charge in [0, 0.05) is 30.7 Å². The third kappa shape index (κ3) is 3.74. The van der Waals surface area contributed by atoms with Crippen molar-refractivity contribution in [2.24, 2.45) is 5.41 Å². The van der Waals surface area contributed by atoms with Crippen LogP contribution in [0.4, 0.5) is 0 Å². The number of fused-ring (bicyclic) bond motifs is 3. The minimum Gasteiger partial charge on any atom is -0.374 e. The van der Waals surface area contributed by atoms with Crippen molar-refractivity contribution in [3.05, 3.63) is 23.3 Å². The van der Waals surface area contributed by atoms with Crippen LogP contribution in [0.25, 0.3) is 11.0 Å². The summed E-state index contributed by atoms with van der Waals surface area (Å²) in [6, 6.07) is 0. The van der Waals surface area contributed by atoms with Crippen molar-refractivity contribution >= 4 is 11.0 Å². The highest BCUT2D eigenvalue weighted by Crippen LogP contribution is 2.34. The summed E-state index contributed by atoms with van der Waals surface area (Å²) in [5.74, 6) is 0.436. The molecule has 7 nitrogen and oxygen atoms in total. The molecule has 0 aliphatic carbocycles. The average molecular weight is 374 g/mol. The molecular formula is C20H30N4O3. The van der Waals surface area contributed by atoms with Crippen LogP contribution in [0.5, 0.6) is 0 Å². The summed E-state index contributed by atoms with van der Waals surface area (Å²) < 4.78 is 20.0. The lowest BCUT2D eigenvalue weighted by Crippen LogP contribution is -2.47. The van der Waals surface area contributed by atoms with Crippen molar-refractivity contribution in [2.75, 3.05) is 26.4 Å². The van der Waals surface area contributed by atoms with Crippen molar-refractivity contribution in [3.63, 3.8) is 0 Å². The first-order valence-corrected chi connectivity index (χ1v) is 9.83. The lowest BCUT2D eigenvalue weighted by Gasteiger charge is -2.41. The second kappa shape index (κ2) is 7.13. The second-order valence-corrected chi connectivity index (χ2v) is 8.38. The van der Waals surface area contributed by atoms with Gasteiger partial charge in [-0.3, -0.25) is 4.98 Å². The molecule has 0 saturated carbocycles. The van der Waals surface area contributed by atoms with Crippen LogP contribution in [0.1, 0.15) is 44.8 Å². The van der Waals surface area contributed by atoms with E-state index >= 15 is 0 Å². The molecule has 1 fully saturated rings. The van der Waals surface area contributed by atoms with E-state index in [4.69, 9.17) is 19.2 Å². The van der Waals surface area contributed by atoms with Gasteiger partial charge in [-0.15, -0.1) is 0 Å². The molecule has 0 radical (unpaired) electrons. The number of nitrogens with zero attached hydrogens (tertiary/aromatic N) is 3. The lowest BCUT2D eigenvalue weighted by atomic mass is 9.91. The van der Waals surface area contributed by atoms with E-state index in [1.54, 1.807) is 0 Å². The first-order valence-electron chi connectivity index (χ1n) is 9.83. The predicted molar refractivity (Wildman–Crippen MR) is 102 cm³/mol. The zero-order valence-corrected chi connectivity index (χ0v) is 16.8. The summed E-state index contributed by atoms with van der Waals surface area (Å²) in [6.45, 7) is 13.2. The van der Waals surface area contributed by atoms with Crippen LogP contribution in [0.3, 0.4) is 0 Å². The van der Waals surface area contributed by atoms with Gasteiger partial charge in [0.15, 0.2) is 5.79 Å². The molecule has 0 atom stereocenters. The number of hydrogen-bond donors (Lipinski definition) is 1. The maximum atomic E-state index is 5.97. The Morgan fingerprint density at radius 2 is 2.04 bits per heavy atom. The zero-order chi connectivity index (χ0) is 19.1. The van der Waals surface area contributed by atoms with Crippen molar-refractivity contribution in [1.82, 2.24) is 19.9 Å². The smallest absolute Gasteiger partial charge is 0.162 e.